The Hall–Kier alpha value is -4.97. The van der Waals surface area contributed by atoms with Crippen LogP contribution in [-0.4, -0.2) is 79.7 Å². The molecule has 0 unspecified atom stereocenters. The molecule has 0 heterocycles. The van der Waals surface area contributed by atoms with E-state index >= 15 is 0 Å². The molecule has 0 radical (unpaired) electrons. The van der Waals surface area contributed by atoms with E-state index in [9.17, 15) is 39.9 Å². The van der Waals surface area contributed by atoms with Crippen LogP contribution in [0.4, 0.5) is 5.69 Å². The number of carbonyl (C=O) groups is 3. The van der Waals surface area contributed by atoms with E-state index in [0.29, 0.717) is 24.3 Å². The maximum absolute atomic E-state index is 14.2. The minimum Gasteiger partial charge on any atom is -0.508 e. The normalized spacial score (nSPS) is 25.7. The molecule has 0 aliphatic heterocycles. The average molecular weight is 626 g/mol. The predicted molar refractivity (Wildman–Crippen MR) is 168 cm³/mol. The number of likely N-dealkylation sites (N-methyl/N-ethyl adjacent to an activating group) is 1. The first-order valence-electron chi connectivity index (χ1n) is 14.9. The fraction of sp³-hybridized carbons (Fsp3) is 0.286. The summed E-state index contributed by atoms with van der Waals surface area (Å²) in [5, 5.41) is 58.1. The SMILES string of the molecule is CN(C)[C@@H]1C(=O)C(C(N)=O)=C(O)[C@@]2(O)C(=O)C3=C(O)c4c(ccc(N(Cc5ccccc5)Cc5ccccc5)c4O)C[C@H]3[C@H](O)[C@@H]12. The summed E-state index contributed by atoms with van der Waals surface area (Å²) in [6, 6.07) is 21.3. The van der Waals surface area contributed by atoms with Crippen LogP contribution in [0, 0.1) is 11.8 Å². The molecule has 7 N–H and O–H groups in total. The fourth-order valence-electron chi connectivity index (χ4n) is 7.31. The molecule has 1 saturated carbocycles. The molecule has 3 aromatic rings. The number of anilines is 1. The minimum absolute atomic E-state index is 0.0269. The molecule has 1 amide bonds. The fourth-order valence-corrected chi connectivity index (χ4v) is 7.31. The number of rotatable bonds is 7. The van der Waals surface area contributed by atoms with Gasteiger partial charge in [0, 0.05) is 24.6 Å². The monoisotopic (exact) mass is 625 g/mol. The number of phenolic OH excluding ortho intramolecular Hbond substituents is 1. The number of hydrogen-bond acceptors (Lipinski definition) is 10. The van der Waals surface area contributed by atoms with Gasteiger partial charge in [0.05, 0.1) is 29.3 Å². The van der Waals surface area contributed by atoms with Crippen molar-refractivity contribution in [3.8, 4) is 5.75 Å². The van der Waals surface area contributed by atoms with Gasteiger partial charge in [-0.2, -0.15) is 0 Å². The number of aliphatic hydroxyl groups is 4. The highest BCUT2D eigenvalue weighted by Gasteiger charge is 2.67. The summed E-state index contributed by atoms with van der Waals surface area (Å²) >= 11 is 0. The Morgan fingerprint density at radius 2 is 1.48 bits per heavy atom. The number of phenols is 1. The van der Waals surface area contributed by atoms with Gasteiger partial charge >= 0.3 is 0 Å². The Labute approximate surface area is 265 Å². The molecule has 0 bridgehead atoms. The lowest BCUT2D eigenvalue weighted by Crippen LogP contribution is -2.70. The molecule has 6 rings (SSSR count). The first kappa shape index (κ1) is 31.0. The molecule has 0 aromatic heterocycles. The number of nitrogens with two attached hydrogens (primary N) is 1. The van der Waals surface area contributed by atoms with Crippen LogP contribution in [0.5, 0.6) is 5.75 Å². The zero-order valence-electron chi connectivity index (χ0n) is 25.3. The van der Waals surface area contributed by atoms with Gasteiger partial charge in [0.25, 0.3) is 5.91 Å². The van der Waals surface area contributed by atoms with E-state index in [-0.39, 0.29) is 17.7 Å². The van der Waals surface area contributed by atoms with Crippen LogP contribution >= 0.6 is 0 Å². The summed E-state index contributed by atoms with van der Waals surface area (Å²) in [4.78, 5) is 43.0. The van der Waals surface area contributed by atoms with Crippen LogP contribution in [0.15, 0.2) is 89.7 Å². The molecule has 5 atom stereocenters. The van der Waals surface area contributed by atoms with E-state index < -0.39 is 69.7 Å². The second-order valence-corrected chi connectivity index (χ2v) is 12.3. The number of fused-ring (bicyclic) bond motifs is 3. The number of aliphatic hydroxyl groups excluding tert-OH is 3. The largest absolute Gasteiger partial charge is 0.508 e. The standard InChI is InChI=1S/C35H35N3O8/c1-37(2)27-26-28(39)21-15-20-13-14-22(38(16-18-9-5-3-6-10-18)17-19-11-7-4-8-12-19)29(40)23(20)30(41)24(21)32(43)35(26,46)33(44)25(31(27)42)34(36)45/h3-14,21,26-28,39-41,44,46H,15-17H2,1-2H3,(H2,36,45)/t21-,26-,27+,28+,35+/m1/s1. The molecule has 3 aliphatic carbocycles. The van der Waals surface area contributed by atoms with Crippen LogP contribution in [0.1, 0.15) is 22.3 Å². The van der Waals surface area contributed by atoms with Gasteiger partial charge in [0.15, 0.2) is 11.4 Å². The van der Waals surface area contributed by atoms with Crippen molar-refractivity contribution in [2.75, 3.05) is 19.0 Å². The number of hydrogen-bond donors (Lipinski definition) is 6. The quantitative estimate of drug-likeness (QED) is 0.213. The van der Waals surface area contributed by atoms with Crippen molar-refractivity contribution in [3.63, 3.8) is 0 Å². The molecule has 3 aromatic carbocycles. The number of aromatic hydroxyl groups is 1. The van der Waals surface area contributed by atoms with E-state index in [2.05, 4.69) is 0 Å². The first-order valence-corrected chi connectivity index (χ1v) is 14.9. The number of ketones is 2. The zero-order chi connectivity index (χ0) is 33.1. The summed E-state index contributed by atoms with van der Waals surface area (Å²) in [5.74, 6) is -8.43. The Kier molecular flexibility index (Phi) is 7.71. The van der Waals surface area contributed by atoms with Gasteiger partial charge in [0.2, 0.25) is 5.78 Å². The topological polar surface area (TPSA) is 185 Å². The lowest BCUT2D eigenvalue weighted by atomic mass is 9.56. The van der Waals surface area contributed by atoms with Gasteiger partial charge in [-0.15, -0.1) is 0 Å². The molecule has 11 heteroatoms. The van der Waals surface area contributed by atoms with Gasteiger partial charge in [0.1, 0.15) is 22.8 Å². The number of primary amides is 1. The molecule has 238 valence electrons. The highest BCUT2D eigenvalue weighted by atomic mass is 16.4. The summed E-state index contributed by atoms with van der Waals surface area (Å²) in [6.07, 6.45) is -1.66. The molecule has 1 fully saturated rings. The molecular formula is C35H35N3O8. The van der Waals surface area contributed by atoms with E-state index in [0.717, 1.165) is 11.1 Å². The highest BCUT2D eigenvalue weighted by Crippen LogP contribution is 2.53. The maximum Gasteiger partial charge on any atom is 0.255 e. The number of Topliss-reactive ketones (excluding diaryl/α,β-unsaturated/α-hetero) is 2. The summed E-state index contributed by atoms with van der Waals surface area (Å²) in [5.41, 5.74) is 3.74. The van der Waals surface area contributed by atoms with E-state index in [1.54, 1.807) is 12.1 Å². The van der Waals surface area contributed by atoms with Crippen molar-refractivity contribution in [1.29, 1.82) is 0 Å². The van der Waals surface area contributed by atoms with Gasteiger partial charge < -0.3 is 36.2 Å². The lowest BCUT2D eigenvalue weighted by Gasteiger charge is -2.52. The lowest BCUT2D eigenvalue weighted by molar-refractivity contribution is -0.168. The summed E-state index contributed by atoms with van der Waals surface area (Å²) < 4.78 is 0. The van der Waals surface area contributed by atoms with Crippen molar-refractivity contribution in [2.24, 2.45) is 17.6 Å². The van der Waals surface area contributed by atoms with Crippen molar-refractivity contribution >= 4 is 28.9 Å². The summed E-state index contributed by atoms with van der Waals surface area (Å²) in [7, 11) is 2.94. The zero-order valence-corrected chi connectivity index (χ0v) is 25.3. The average Bonchev–Trinajstić information content (AvgIpc) is 3.01. The molecule has 3 aliphatic rings. The van der Waals surface area contributed by atoms with Crippen LogP contribution < -0.4 is 10.6 Å². The van der Waals surface area contributed by atoms with Crippen LogP contribution in [-0.2, 0) is 33.9 Å². The number of amides is 1. The third-order valence-corrected chi connectivity index (χ3v) is 9.43. The number of benzene rings is 3. The van der Waals surface area contributed by atoms with Crippen molar-refractivity contribution in [3.05, 3.63) is 112 Å². The van der Waals surface area contributed by atoms with Gasteiger partial charge in [-0.05, 0) is 43.3 Å². The van der Waals surface area contributed by atoms with Crippen molar-refractivity contribution in [2.45, 2.75) is 37.3 Å². The summed E-state index contributed by atoms with van der Waals surface area (Å²) in [6.45, 7) is 0.797. The van der Waals surface area contributed by atoms with Crippen LogP contribution in [0.2, 0.25) is 0 Å². The maximum atomic E-state index is 14.2. The first-order chi connectivity index (χ1) is 21.9. The second-order valence-electron chi connectivity index (χ2n) is 12.3. The number of nitrogens with zero attached hydrogens (tertiary/aromatic N) is 2. The van der Waals surface area contributed by atoms with Crippen LogP contribution in [0.3, 0.4) is 0 Å². The predicted octanol–water partition coefficient (Wildman–Crippen LogP) is 2.14. The van der Waals surface area contributed by atoms with Gasteiger partial charge in [-0.1, -0.05) is 66.7 Å². The minimum atomic E-state index is -2.95. The Morgan fingerprint density at radius 3 is 2.00 bits per heavy atom. The Morgan fingerprint density at radius 1 is 0.913 bits per heavy atom. The van der Waals surface area contributed by atoms with E-state index in [4.69, 9.17) is 5.73 Å². The molecule has 11 nitrogen and oxygen atoms in total. The Bertz CT molecular complexity index is 1760. The number of carbonyl (C=O) groups excluding carboxylic acids is 3. The third kappa shape index (κ3) is 4.66. The molecule has 46 heavy (non-hydrogen) atoms. The molecule has 0 saturated heterocycles. The Balaban J connectivity index is 1.50. The van der Waals surface area contributed by atoms with Crippen molar-refractivity contribution < 1.29 is 39.9 Å². The van der Waals surface area contributed by atoms with E-state index in [1.165, 1.54) is 19.0 Å². The third-order valence-electron chi connectivity index (χ3n) is 9.43. The molecular weight excluding hydrogens is 590 g/mol. The second kappa shape index (κ2) is 11.4. The smallest absolute Gasteiger partial charge is 0.255 e. The van der Waals surface area contributed by atoms with Gasteiger partial charge in [-0.25, -0.2) is 0 Å². The van der Waals surface area contributed by atoms with Crippen molar-refractivity contribution in [1.82, 2.24) is 4.90 Å². The molecule has 0 spiro atoms. The van der Waals surface area contributed by atoms with Gasteiger partial charge in [-0.3, -0.25) is 19.3 Å². The highest BCUT2D eigenvalue weighted by molar-refractivity contribution is 6.24. The van der Waals surface area contributed by atoms with E-state index in [1.807, 2.05) is 65.6 Å². The van der Waals surface area contributed by atoms with Crippen LogP contribution in [0.25, 0.3) is 5.76 Å².